The van der Waals surface area contributed by atoms with E-state index in [-0.39, 0.29) is 17.5 Å². The van der Waals surface area contributed by atoms with Gasteiger partial charge in [0.1, 0.15) is 0 Å². The monoisotopic (exact) mass is 278 g/mol. The van der Waals surface area contributed by atoms with Gasteiger partial charge in [0, 0.05) is 18.9 Å². The van der Waals surface area contributed by atoms with Crippen molar-refractivity contribution in [2.45, 2.75) is 18.8 Å². The van der Waals surface area contributed by atoms with Crippen molar-refractivity contribution in [1.29, 1.82) is 0 Å². The predicted octanol–water partition coefficient (Wildman–Crippen LogP) is 2.60. The summed E-state index contributed by atoms with van der Waals surface area (Å²) in [6.45, 7) is 0. The van der Waals surface area contributed by atoms with E-state index in [0.29, 0.717) is 30.1 Å². The Kier molecular flexibility index (Phi) is 4.17. The molecule has 2 rings (SSSR count). The smallest absolute Gasteiger partial charge is 0.203 e. The summed E-state index contributed by atoms with van der Waals surface area (Å²) in [4.78, 5) is 11.6. The van der Waals surface area contributed by atoms with Gasteiger partial charge in [-0.2, -0.15) is 0 Å². The van der Waals surface area contributed by atoms with Gasteiger partial charge in [-0.25, -0.2) is 0 Å². The second kappa shape index (κ2) is 5.86. The third-order valence-electron chi connectivity index (χ3n) is 3.39. The van der Waals surface area contributed by atoms with E-state index in [1.165, 1.54) is 6.08 Å². The summed E-state index contributed by atoms with van der Waals surface area (Å²) in [6.07, 6.45) is 2.08. The number of hydrogen-bond donors (Lipinski definition) is 1. The average Bonchev–Trinajstić information content (AvgIpc) is 2.44. The molecule has 20 heavy (non-hydrogen) atoms. The van der Waals surface area contributed by atoms with Gasteiger partial charge in [0.2, 0.25) is 5.75 Å². The molecular formula is C15H18O5. The van der Waals surface area contributed by atoms with Gasteiger partial charge in [0.05, 0.1) is 27.1 Å². The SMILES string of the molecule is COc1cc([C@H]2CC(=O)C=C(O)C2)cc(OC)c1OC. The number of methoxy groups -OCH3 is 3. The van der Waals surface area contributed by atoms with E-state index in [0.717, 1.165) is 5.56 Å². The maximum Gasteiger partial charge on any atom is 0.203 e. The van der Waals surface area contributed by atoms with Crippen LogP contribution in [0.15, 0.2) is 24.0 Å². The number of aliphatic hydroxyl groups excluding tert-OH is 1. The standard InChI is InChI=1S/C15H18O5/c1-18-13-6-10(7-14(19-2)15(13)20-3)9-4-11(16)8-12(17)5-9/h6-9,16H,4-5H2,1-3H3/t9-/m1/s1. The molecule has 0 spiro atoms. The lowest BCUT2D eigenvalue weighted by atomic mass is 9.86. The first-order valence-corrected chi connectivity index (χ1v) is 6.31. The third-order valence-corrected chi connectivity index (χ3v) is 3.39. The zero-order chi connectivity index (χ0) is 14.7. The van der Waals surface area contributed by atoms with E-state index >= 15 is 0 Å². The highest BCUT2D eigenvalue weighted by atomic mass is 16.5. The zero-order valence-corrected chi connectivity index (χ0v) is 11.8. The molecule has 0 aliphatic heterocycles. The van der Waals surface area contributed by atoms with Gasteiger partial charge >= 0.3 is 0 Å². The molecule has 1 atom stereocenters. The summed E-state index contributed by atoms with van der Waals surface area (Å²) < 4.78 is 15.9. The van der Waals surface area contributed by atoms with Crippen LogP contribution in [0.4, 0.5) is 0 Å². The van der Waals surface area contributed by atoms with Gasteiger partial charge in [-0.3, -0.25) is 4.79 Å². The van der Waals surface area contributed by atoms with E-state index < -0.39 is 0 Å². The summed E-state index contributed by atoms with van der Waals surface area (Å²) in [7, 11) is 4.63. The maximum absolute atomic E-state index is 11.6. The Morgan fingerprint density at radius 2 is 1.65 bits per heavy atom. The maximum atomic E-state index is 11.6. The predicted molar refractivity (Wildman–Crippen MR) is 73.8 cm³/mol. The first-order valence-electron chi connectivity index (χ1n) is 6.31. The Balaban J connectivity index is 2.42. The molecule has 1 aliphatic rings. The van der Waals surface area contributed by atoms with Crippen molar-refractivity contribution in [3.63, 3.8) is 0 Å². The second-order valence-corrected chi connectivity index (χ2v) is 4.67. The zero-order valence-electron chi connectivity index (χ0n) is 11.8. The van der Waals surface area contributed by atoms with Crippen molar-refractivity contribution in [3.05, 3.63) is 29.5 Å². The summed E-state index contributed by atoms with van der Waals surface area (Å²) in [5.41, 5.74) is 0.882. The van der Waals surface area contributed by atoms with E-state index in [9.17, 15) is 9.90 Å². The lowest BCUT2D eigenvalue weighted by Gasteiger charge is -2.22. The van der Waals surface area contributed by atoms with Crippen molar-refractivity contribution in [1.82, 2.24) is 0 Å². The minimum atomic E-state index is -0.0822. The molecular weight excluding hydrogens is 260 g/mol. The number of carbonyl (C=O) groups is 1. The number of hydrogen-bond acceptors (Lipinski definition) is 5. The van der Waals surface area contributed by atoms with Crippen LogP contribution in [0.1, 0.15) is 24.3 Å². The Hall–Kier alpha value is -2.17. The Morgan fingerprint density at radius 1 is 1.05 bits per heavy atom. The summed E-state index contributed by atoms with van der Waals surface area (Å²) >= 11 is 0. The number of aliphatic hydroxyl groups is 1. The van der Waals surface area contributed by atoms with Crippen LogP contribution in [0, 0.1) is 0 Å². The average molecular weight is 278 g/mol. The Morgan fingerprint density at radius 3 is 2.10 bits per heavy atom. The van der Waals surface area contributed by atoms with Crippen molar-refractivity contribution in [3.8, 4) is 17.2 Å². The number of allylic oxidation sites excluding steroid dienone is 2. The Labute approximate surface area is 117 Å². The fourth-order valence-electron chi connectivity index (χ4n) is 2.44. The van der Waals surface area contributed by atoms with Crippen molar-refractivity contribution in [2.24, 2.45) is 0 Å². The molecule has 0 amide bonds. The first-order chi connectivity index (χ1) is 9.58. The summed E-state index contributed by atoms with van der Waals surface area (Å²) in [5.74, 6) is 1.56. The van der Waals surface area contributed by atoms with Crippen LogP contribution in [0.3, 0.4) is 0 Å². The van der Waals surface area contributed by atoms with E-state index in [2.05, 4.69) is 0 Å². The van der Waals surface area contributed by atoms with Crippen LogP contribution in [0.5, 0.6) is 17.2 Å². The molecule has 0 saturated heterocycles. The summed E-state index contributed by atoms with van der Waals surface area (Å²) in [6, 6.07) is 3.63. The van der Waals surface area contributed by atoms with Gasteiger partial charge < -0.3 is 19.3 Å². The highest BCUT2D eigenvalue weighted by molar-refractivity contribution is 5.91. The number of rotatable bonds is 4. The molecule has 0 aromatic heterocycles. The van der Waals surface area contributed by atoms with Crippen LogP contribution >= 0.6 is 0 Å². The third kappa shape index (κ3) is 2.71. The van der Waals surface area contributed by atoms with Gasteiger partial charge in [0.25, 0.3) is 0 Å². The molecule has 1 aromatic rings. The van der Waals surface area contributed by atoms with Crippen molar-refractivity contribution in [2.75, 3.05) is 21.3 Å². The highest BCUT2D eigenvalue weighted by Gasteiger charge is 2.24. The minimum absolute atomic E-state index is 0.0764. The molecule has 1 N–H and O–H groups in total. The van der Waals surface area contributed by atoms with E-state index in [4.69, 9.17) is 14.2 Å². The van der Waals surface area contributed by atoms with Gasteiger partial charge in [-0.15, -0.1) is 0 Å². The van der Waals surface area contributed by atoms with Crippen LogP contribution < -0.4 is 14.2 Å². The fraction of sp³-hybridized carbons (Fsp3) is 0.400. The normalized spacial score (nSPS) is 18.4. The fourth-order valence-corrected chi connectivity index (χ4v) is 2.44. The number of ether oxygens (including phenoxy) is 3. The molecule has 1 aromatic carbocycles. The quantitative estimate of drug-likeness (QED) is 0.917. The van der Waals surface area contributed by atoms with E-state index in [1.54, 1.807) is 21.3 Å². The molecule has 5 heteroatoms. The number of ketones is 1. The van der Waals surface area contributed by atoms with Crippen molar-refractivity contribution < 1.29 is 24.1 Å². The molecule has 0 unspecified atom stereocenters. The lowest BCUT2D eigenvalue weighted by molar-refractivity contribution is -0.115. The molecule has 0 radical (unpaired) electrons. The van der Waals surface area contributed by atoms with Gasteiger partial charge in [-0.1, -0.05) is 0 Å². The molecule has 5 nitrogen and oxygen atoms in total. The van der Waals surface area contributed by atoms with Crippen molar-refractivity contribution >= 4 is 5.78 Å². The molecule has 0 bridgehead atoms. The topological polar surface area (TPSA) is 65.0 Å². The van der Waals surface area contributed by atoms with Gasteiger partial charge in [0.15, 0.2) is 17.3 Å². The largest absolute Gasteiger partial charge is 0.512 e. The first kappa shape index (κ1) is 14.2. The van der Waals surface area contributed by atoms with Gasteiger partial charge in [-0.05, 0) is 23.6 Å². The summed E-state index contributed by atoms with van der Waals surface area (Å²) in [5, 5.41) is 9.62. The molecule has 0 heterocycles. The lowest BCUT2D eigenvalue weighted by Crippen LogP contribution is -2.13. The Bertz CT molecular complexity index is 522. The molecule has 108 valence electrons. The van der Waals surface area contributed by atoms with E-state index in [1.807, 2.05) is 12.1 Å². The highest BCUT2D eigenvalue weighted by Crippen LogP contribution is 2.42. The number of benzene rings is 1. The minimum Gasteiger partial charge on any atom is -0.512 e. The van der Waals surface area contributed by atoms with Crippen LogP contribution in [-0.4, -0.2) is 32.2 Å². The molecule has 1 aliphatic carbocycles. The number of carbonyl (C=O) groups excluding carboxylic acids is 1. The second-order valence-electron chi connectivity index (χ2n) is 4.67. The molecule has 0 saturated carbocycles. The van der Waals surface area contributed by atoms with Crippen LogP contribution in [-0.2, 0) is 4.79 Å². The van der Waals surface area contributed by atoms with Crippen LogP contribution in [0.25, 0.3) is 0 Å². The molecule has 0 fully saturated rings. The van der Waals surface area contributed by atoms with Crippen LogP contribution in [0.2, 0.25) is 0 Å².